The molecule has 0 bridgehead atoms. The highest BCUT2D eigenvalue weighted by molar-refractivity contribution is 5.94. The second-order valence-electron chi connectivity index (χ2n) is 7.33. The molecule has 0 radical (unpaired) electrons. The summed E-state index contributed by atoms with van der Waals surface area (Å²) >= 11 is 0. The fraction of sp³-hybridized carbons (Fsp3) is 0.421. The van der Waals surface area contributed by atoms with Crippen LogP contribution in [0.15, 0.2) is 48.8 Å². The summed E-state index contributed by atoms with van der Waals surface area (Å²) in [7, 11) is 2.11. The predicted molar refractivity (Wildman–Crippen MR) is 89.0 cm³/mol. The monoisotopic (exact) mass is 320 g/mol. The van der Waals surface area contributed by atoms with E-state index in [0.29, 0.717) is 5.78 Å². The van der Waals surface area contributed by atoms with Gasteiger partial charge in [-0.1, -0.05) is 12.1 Å². The van der Waals surface area contributed by atoms with Crippen molar-refractivity contribution in [1.29, 1.82) is 0 Å². The molecule has 4 heterocycles. The van der Waals surface area contributed by atoms with E-state index < -0.39 is 0 Å². The van der Waals surface area contributed by atoms with Gasteiger partial charge in [0.1, 0.15) is 5.78 Å². The van der Waals surface area contributed by atoms with Gasteiger partial charge in [0, 0.05) is 42.7 Å². The predicted octanol–water partition coefficient (Wildman–Crippen LogP) is 1.61. The molecular formula is C19H20N4O. The highest BCUT2D eigenvalue weighted by Crippen LogP contribution is 2.67. The van der Waals surface area contributed by atoms with Crippen LogP contribution in [-0.2, 0) is 4.79 Å². The standard InChI is InChI=1S/C19H20N4O/c1-23-10-12-17(24)15-16(13-6-2-4-8-20-13)22-18(19(12,15)11-23)14-7-3-5-9-21-14/h2-9,12,15-16,18,22H,10-11H2,1H3. The average Bonchev–Trinajstić information content (AvgIpc) is 3.09. The lowest BCUT2D eigenvalue weighted by molar-refractivity contribution is -0.149. The molecule has 3 fully saturated rings. The van der Waals surface area contributed by atoms with Crippen molar-refractivity contribution in [3.05, 3.63) is 60.2 Å². The average molecular weight is 320 g/mol. The normalized spacial score (nSPS) is 37.8. The zero-order valence-electron chi connectivity index (χ0n) is 13.6. The Morgan fingerprint density at radius 2 is 1.83 bits per heavy atom. The van der Waals surface area contributed by atoms with E-state index in [1.165, 1.54) is 0 Å². The van der Waals surface area contributed by atoms with E-state index >= 15 is 0 Å². The molecule has 5 rings (SSSR count). The van der Waals surface area contributed by atoms with Gasteiger partial charge >= 0.3 is 0 Å². The zero-order valence-corrected chi connectivity index (χ0v) is 13.6. The van der Waals surface area contributed by atoms with E-state index in [2.05, 4.69) is 33.3 Å². The lowest BCUT2D eigenvalue weighted by Crippen LogP contribution is -2.57. The van der Waals surface area contributed by atoms with Crippen LogP contribution < -0.4 is 5.32 Å². The second-order valence-corrected chi connectivity index (χ2v) is 7.33. The molecule has 2 aromatic heterocycles. The molecule has 5 nitrogen and oxygen atoms in total. The number of pyridine rings is 2. The summed E-state index contributed by atoms with van der Waals surface area (Å²) in [4.78, 5) is 24.3. The van der Waals surface area contributed by atoms with Crippen molar-refractivity contribution in [3.63, 3.8) is 0 Å². The third kappa shape index (κ3) is 1.69. The summed E-state index contributed by atoms with van der Waals surface area (Å²) in [5.41, 5.74) is 1.94. The molecule has 2 saturated heterocycles. The van der Waals surface area contributed by atoms with Crippen molar-refractivity contribution in [1.82, 2.24) is 20.2 Å². The Labute approximate surface area is 141 Å². The van der Waals surface area contributed by atoms with Crippen molar-refractivity contribution in [2.75, 3.05) is 20.1 Å². The Bertz CT molecular complexity index is 780. The van der Waals surface area contributed by atoms with Crippen LogP contribution >= 0.6 is 0 Å². The SMILES string of the molecule is CN1CC2C(=O)C3C(c4ccccn4)NC(c4ccccn4)C23C1. The highest BCUT2D eigenvalue weighted by atomic mass is 16.1. The van der Waals surface area contributed by atoms with Crippen LogP contribution in [0.1, 0.15) is 23.5 Å². The number of aromatic nitrogens is 2. The van der Waals surface area contributed by atoms with E-state index in [1.54, 1.807) is 6.20 Å². The van der Waals surface area contributed by atoms with E-state index in [4.69, 9.17) is 0 Å². The van der Waals surface area contributed by atoms with E-state index in [0.717, 1.165) is 24.5 Å². The second kappa shape index (κ2) is 4.94. The van der Waals surface area contributed by atoms with Crippen molar-refractivity contribution in [2.24, 2.45) is 17.3 Å². The van der Waals surface area contributed by atoms with Gasteiger partial charge in [0.05, 0.1) is 23.5 Å². The molecule has 2 aliphatic heterocycles. The highest BCUT2D eigenvalue weighted by Gasteiger charge is 2.74. The maximum Gasteiger partial charge on any atom is 0.143 e. The molecule has 24 heavy (non-hydrogen) atoms. The van der Waals surface area contributed by atoms with Crippen LogP contribution in [-0.4, -0.2) is 40.8 Å². The number of hydrogen-bond donors (Lipinski definition) is 1. The minimum Gasteiger partial charge on any atom is -0.305 e. The number of rotatable bonds is 2. The number of carbonyl (C=O) groups excluding carboxylic acids is 1. The van der Waals surface area contributed by atoms with Crippen LogP contribution in [0.2, 0.25) is 0 Å². The third-order valence-corrected chi connectivity index (χ3v) is 6.12. The number of nitrogens with zero attached hydrogens (tertiary/aromatic N) is 3. The van der Waals surface area contributed by atoms with Gasteiger partial charge in [-0.05, 0) is 31.3 Å². The van der Waals surface area contributed by atoms with Gasteiger partial charge in [-0.2, -0.15) is 0 Å². The summed E-state index contributed by atoms with van der Waals surface area (Å²) in [5.74, 6) is 0.496. The zero-order chi connectivity index (χ0) is 16.3. The van der Waals surface area contributed by atoms with Gasteiger partial charge in [0.25, 0.3) is 0 Å². The smallest absolute Gasteiger partial charge is 0.143 e. The van der Waals surface area contributed by atoms with Gasteiger partial charge in [0.2, 0.25) is 0 Å². The van der Waals surface area contributed by atoms with E-state index in [-0.39, 0.29) is 29.3 Å². The van der Waals surface area contributed by atoms with Crippen molar-refractivity contribution >= 4 is 5.78 Å². The van der Waals surface area contributed by atoms with Crippen LogP contribution in [0, 0.1) is 17.3 Å². The van der Waals surface area contributed by atoms with E-state index in [1.807, 2.05) is 36.5 Å². The Kier molecular flexibility index (Phi) is 2.94. The summed E-state index contributed by atoms with van der Waals surface area (Å²) in [6.07, 6.45) is 3.64. The maximum atomic E-state index is 12.9. The molecule has 5 atom stereocenters. The Hall–Kier alpha value is -2.11. The Balaban J connectivity index is 1.62. The minimum absolute atomic E-state index is 0.00523. The molecule has 1 aliphatic carbocycles. The first kappa shape index (κ1) is 14.3. The van der Waals surface area contributed by atoms with Gasteiger partial charge < -0.3 is 4.90 Å². The molecule has 1 saturated carbocycles. The van der Waals surface area contributed by atoms with Gasteiger partial charge in [-0.15, -0.1) is 0 Å². The molecule has 1 spiro atoms. The number of Topliss-reactive ketones (excluding diaryl/α,β-unsaturated/α-hetero) is 1. The molecule has 5 unspecified atom stereocenters. The number of ketones is 1. The minimum atomic E-state index is -0.0532. The van der Waals surface area contributed by atoms with Crippen LogP contribution in [0.25, 0.3) is 0 Å². The summed E-state index contributed by atoms with van der Waals surface area (Å²) < 4.78 is 0. The Morgan fingerprint density at radius 3 is 2.50 bits per heavy atom. The molecule has 2 aromatic rings. The topological polar surface area (TPSA) is 58.1 Å². The molecule has 0 amide bonds. The van der Waals surface area contributed by atoms with Gasteiger partial charge in [-0.3, -0.25) is 20.1 Å². The van der Waals surface area contributed by atoms with Crippen LogP contribution in [0.4, 0.5) is 0 Å². The summed E-state index contributed by atoms with van der Waals surface area (Å²) in [5, 5.41) is 3.73. The van der Waals surface area contributed by atoms with E-state index in [9.17, 15) is 4.79 Å². The maximum absolute atomic E-state index is 12.9. The third-order valence-electron chi connectivity index (χ3n) is 6.12. The first-order valence-electron chi connectivity index (χ1n) is 8.52. The number of likely N-dealkylation sites (tertiary alicyclic amines) is 1. The number of hydrogen-bond acceptors (Lipinski definition) is 5. The largest absolute Gasteiger partial charge is 0.305 e. The van der Waals surface area contributed by atoms with Crippen LogP contribution in [0.3, 0.4) is 0 Å². The molecule has 0 aromatic carbocycles. The Morgan fingerprint density at radius 1 is 1.12 bits per heavy atom. The quantitative estimate of drug-likeness (QED) is 0.911. The van der Waals surface area contributed by atoms with Gasteiger partial charge in [0.15, 0.2) is 0 Å². The first-order chi connectivity index (χ1) is 11.7. The van der Waals surface area contributed by atoms with Crippen LogP contribution in [0.5, 0.6) is 0 Å². The number of nitrogens with one attached hydrogen (secondary N) is 1. The molecule has 122 valence electrons. The molecule has 5 heteroatoms. The fourth-order valence-corrected chi connectivity index (χ4v) is 5.28. The summed E-state index contributed by atoms with van der Waals surface area (Å²) in [6.45, 7) is 1.79. The van der Waals surface area contributed by atoms with Crippen molar-refractivity contribution < 1.29 is 4.79 Å². The lowest BCUT2D eigenvalue weighted by atomic mass is 9.50. The number of carbonyl (C=O) groups is 1. The van der Waals surface area contributed by atoms with Crippen molar-refractivity contribution in [3.8, 4) is 0 Å². The first-order valence-corrected chi connectivity index (χ1v) is 8.52. The molecule has 3 aliphatic rings. The molecule has 1 N–H and O–H groups in total. The molecular weight excluding hydrogens is 300 g/mol. The lowest BCUT2D eigenvalue weighted by Gasteiger charge is -2.49. The fourth-order valence-electron chi connectivity index (χ4n) is 5.28. The summed E-state index contributed by atoms with van der Waals surface area (Å²) in [6, 6.07) is 12.0. The van der Waals surface area contributed by atoms with Crippen molar-refractivity contribution in [2.45, 2.75) is 12.1 Å². The van der Waals surface area contributed by atoms with Gasteiger partial charge in [-0.25, -0.2) is 0 Å².